The Bertz CT molecular complexity index is 325. The fourth-order valence-corrected chi connectivity index (χ4v) is 2.02. The van der Waals surface area contributed by atoms with Crippen molar-refractivity contribution in [2.24, 2.45) is 0 Å². The van der Waals surface area contributed by atoms with Gasteiger partial charge in [-0.05, 0) is 31.9 Å². The molecule has 13 heavy (non-hydrogen) atoms. The molecule has 2 nitrogen and oxygen atoms in total. The van der Waals surface area contributed by atoms with Gasteiger partial charge in [0, 0.05) is 18.8 Å². The Morgan fingerprint density at radius 2 is 2.38 bits per heavy atom. The highest BCUT2D eigenvalue weighted by molar-refractivity contribution is 7.71. The Morgan fingerprint density at radius 1 is 1.54 bits per heavy atom. The molecule has 1 N–H and O–H groups in total. The average Bonchev–Trinajstić information content (AvgIpc) is 2.53. The first-order chi connectivity index (χ1) is 6.27. The number of nitrogens with one attached hydrogen (secondary N) is 1. The van der Waals surface area contributed by atoms with E-state index < -0.39 is 0 Å². The molecule has 1 aliphatic rings. The fraction of sp³-hybridized carbons (Fsp3) is 0.500. The number of pyridine rings is 1. The molecule has 1 fully saturated rings. The quantitative estimate of drug-likeness (QED) is 0.693. The number of H-pyrrole nitrogens is 1. The molecule has 0 aliphatic carbocycles. The van der Waals surface area contributed by atoms with Crippen LogP contribution in [-0.2, 0) is 0 Å². The maximum Gasteiger partial charge on any atom is 0.103 e. The normalized spacial score (nSPS) is 22.2. The van der Waals surface area contributed by atoms with Crippen LogP contribution in [0.3, 0.4) is 0 Å². The third-order valence-corrected chi connectivity index (χ3v) is 2.91. The highest BCUT2D eigenvalue weighted by Crippen LogP contribution is 2.23. The molecule has 0 bridgehead atoms. The zero-order valence-electron chi connectivity index (χ0n) is 7.79. The molecule has 70 valence electrons. The molecule has 1 aromatic rings. The number of aromatic amines is 1. The number of anilines is 1. The van der Waals surface area contributed by atoms with Crippen molar-refractivity contribution in [3.63, 3.8) is 0 Å². The van der Waals surface area contributed by atoms with Gasteiger partial charge in [0.2, 0.25) is 0 Å². The van der Waals surface area contributed by atoms with E-state index in [1.54, 1.807) is 0 Å². The van der Waals surface area contributed by atoms with Gasteiger partial charge in [-0.1, -0.05) is 12.2 Å². The number of aromatic nitrogens is 1. The van der Waals surface area contributed by atoms with Crippen LogP contribution in [0, 0.1) is 4.64 Å². The second kappa shape index (κ2) is 3.50. The van der Waals surface area contributed by atoms with Crippen molar-refractivity contribution in [2.45, 2.75) is 25.8 Å². The van der Waals surface area contributed by atoms with Gasteiger partial charge in [-0.15, -0.1) is 0 Å². The molecule has 1 atom stereocenters. The summed E-state index contributed by atoms with van der Waals surface area (Å²) in [7, 11) is 0. The molecule has 1 unspecified atom stereocenters. The molecule has 2 rings (SSSR count). The smallest absolute Gasteiger partial charge is 0.103 e. The molecule has 1 aliphatic heterocycles. The number of rotatable bonds is 1. The lowest BCUT2D eigenvalue weighted by Crippen LogP contribution is -2.26. The molecule has 1 saturated heterocycles. The molecular weight excluding hydrogens is 180 g/mol. The first-order valence-corrected chi connectivity index (χ1v) is 5.13. The molecule has 0 saturated carbocycles. The van der Waals surface area contributed by atoms with Gasteiger partial charge in [0.25, 0.3) is 0 Å². The lowest BCUT2D eigenvalue weighted by atomic mass is 10.2. The maximum absolute atomic E-state index is 5.00. The van der Waals surface area contributed by atoms with Crippen LogP contribution in [-0.4, -0.2) is 17.6 Å². The standard InChI is InChI=1S/C10H14N2S/c1-8-3-2-6-12(8)9-4-5-10(13)11-7-9/h4-5,7-8H,2-3,6H2,1H3,(H,11,13). The van der Waals surface area contributed by atoms with Gasteiger partial charge < -0.3 is 9.88 Å². The molecule has 0 amide bonds. The van der Waals surface area contributed by atoms with E-state index in [-0.39, 0.29) is 0 Å². The SMILES string of the molecule is CC1CCCN1c1ccc(=S)[nH]c1. The molecular formula is C10H14N2S. The largest absolute Gasteiger partial charge is 0.368 e. The maximum atomic E-state index is 5.00. The summed E-state index contributed by atoms with van der Waals surface area (Å²) in [4.78, 5) is 5.49. The van der Waals surface area contributed by atoms with E-state index in [9.17, 15) is 0 Å². The van der Waals surface area contributed by atoms with Crippen LogP contribution in [0.4, 0.5) is 5.69 Å². The van der Waals surface area contributed by atoms with Crippen molar-refractivity contribution in [3.05, 3.63) is 23.0 Å². The fourth-order valence-electron chi connectivity index (χ4n) is 1.90. The third kappa shape index (κ3) is 1.75. The van der Waals surface area contributed by atoms with Gasteiger partial charge in [-0.2, -0.15) is 0 Å². The Balaban J connectivity index is 2.25. The van der Waals surface area contributed by atoms with Crippen molar-refractivity contribution >= 4 is 17.9 Å². The summed E-state index contributed by atoms with van der Waals surface area (Å²) < 4.78 is 0.801. The molecule has 3 heteroatoms. The van der Waals surface area contributed by atoms with Crippen molar-refractivity contribution in [1.82, 2.24) is 4.98 Å². The average molecular weight is 194 g/mol. The van der Waals surface area contributed by atoms with Crippen LogP contribution in [0.2, 0.25) is 0 Å². The monoisotopic (exact) mass is 194 g/mol. The second-order valence-corrected chi connectivity index (χ2v) is 4.04. The molecule has 2 heterocycles. The van der Waals surface area contributed by atoms with Gasteiger partial charge >= 0.3 is 0 Å². The van der Waals surface area contributed by atoms with Gasteiger partial charge in [0.1, 0.15) is 4.64 Å². The zero-order chi connectivity index (χ0) is 9.26. The van der Waals surface area contributed by atoms with E-state index in [2.05, 4.69) is 22.9 Å². The minimum Gasteiger partial charge on any atom is -0.368 e. The summed E-state index contributed by atoms with van der Waals surface area (Å²) in [6.45, 7) is 3.44. The highest BCUT2D eigenvalue weighted by atomic mass is 32.1. The van der Waals surface area contributed by atoms with E-state index in [1.165, 1.54) is 25.1 Å². The van der Waals surface area contributed by atoms with Crippen molar-refractivity contribution < 1.29 is 0 Å². The van der Waals surface area contributed by atoms with Crippen molar-refractivity contribution in [3.8, 4) is 0 Å². The summed E-state index contributed by atoms with van der Waals surface area (Å²) in [5, 5.41) is 0. The van der Waals surface area contributed by atoms with Crippen LogP contribution >= 0.6 is 12.2 Å². The molecule has 0 spiro atoms. The van der Waals surface area contributed by atoms with Crippen molar-refractivity contribution in [2.75, 3.05) is 11.4 Å². The number of nitrogens with zero attached hydrogens (tertiary/aromatic N) is 1. The highest BCUT2D eigenvalue weighted by Gasteiger charge is 2.19. The lowest BCUT2D eigenvalue weighted by Gasteiger charge is -2.23. The predicted molar refractivity (Wildman–Crippen MR) is 57.7 cm³/mol. The first kappa shape index (κ1) is 8.75. The molecule has 1 aromatic heterocycles. The number of hydrogen-bond acceptors (Lipinski definition) is 2. The van der Waals surface area contributed by atoms with E-state index >= 15 is 0 Å². The Kier molecular flexibility index (Phi) is 2.36. The van der Waals surface area contributed by atoms with E-state index in [0.717, 1.165) is 4.64 Å². The minimum absolute atomic E-state index is 0.671. The van der Waals surface area contributed by atoms with Crippen LogP contribution in [0.15, 0.2) is 18.3 Å². The topological polar surface area (TPSA) is 19.0 Å². The van der Waals surface area contributed by atoms with Crippen molar-refractivity contribution in [1.29, 1.82) is 0 Å². The van der Waals surface area contributed by atoms with Crippen LogP contribution in [0.1, 0.15) is 19.8 Å². The predicted octanol–water partition coefficient (Wildman–Crippen LogP) is 2.73. The second-order valence-electron chi connectivity index (χ2n) is 3.60. The summed E-state index contributed by atoms with van der Waals surface area (Å²) in [6, 6.07) is 4.72. The summed E-state index contributed by atoms with van der Waals surface area (Å²) in [6.07, 6.45) is 4.61. The zero-order valence-corrected chi connectivity index (χ0v) is 8.60. The summed E-state index contributed by atoms with van der Waals surface area (Å²) in [5.41, 5.74) is 1.26. The Morgan fingerprint density at radius 3 is 2.92 bits per heavy atom. The van der Waals surface area contributed by atoms with Gasteiger partial charge in [-0.3, -0.25) is 0 Å². The molecule has 0 radical (unpaired) electrons. The van der Waals surface area contributed by atoms with E-state index in [0.29, 0.717) is 6.04 Å². The van der Waals surface area contributed by atoms with Gasteiger partial charge in [0.15, 0.2) is 0 Å². The van der Waals surface area contributed by atoms with Crippen LogP contribution < -0.4 is 4.90 Å². The van der Waals surface area contributed by atoms with Crippen LogP contribution in [0.5, 0.6) is 0 Å². The minimum atomic E-state index is 0.671. The van der Waals surface area contributed by atoms with E-state index in [1.807, 2.05) is 12.3 Å². The third-order valence-electron chi connectivity index (χ3n) is 2.65. The number of hydrogen-bond donors (Lipinski definition) is 1. The summed E-state index contributed by atoms with van der Waals surface area (Å²) in [5.74, 6) is 0. The van der Waals surface area contributed by atoms with Crippen LogP contribution in [0.25, 0.3) is 0 Å². The van der Waals surface area contributed by atoms with E-state index in [4.69, 9.17) is 12.2 Å². The lowest BCUT2D eigenvalue weighted by molar-refractivity contribution is 0.734. The Labute approximate surface area is 83.6 Å². The summed E-state index contributed by atoms with van der Waals surface area (Å²) >= 11 is 5.00. The van der Waals surface area contributed by atoms with Gasteiger partial charge in [0.05, 0.1) is 5.69 Å². The molecule has 0 aromatic carbocycles. The Hall–Kier alpha value is -0.830. The first-order valence-electron chi connectivity index (χ1n) is 4.73. The van der Waals surface area contributed by atoms with Gasteiger partial charge in [-0.25, -0.2) is 0 Å².